The molecule has 0 spiro atoms. The van der Waals surface area contributed by atoms with Gasteiger partial charge in [-0.2, -0.15) is 13.2 Å². The van der Waals surface area contributed by atoms with E-state index in [1.165, 1.54) is 0 Å². The average Bonchev–Trinajstić information content (AvgIpc) is 3.18. The number of benzene rings is 1. The van der Waals surface area contributed by atoms with Crippen LogP contribution in [0.4, 0.5) is 18.9 Å². The van der Waals surface area contributed by atoms with Crippen LogP contribution in [0, 0.1) is 26.7 Å². The standard InChI is InChI=1S/C23H28F3N3O2/c1-13-8-14(2)29-22(31)19(13)12-28-21(30)18-9-17(23(24,25)26)10-20(15(18)3)27-11-16-6-4-5-7-16/h8-10,16,27H,4-7,11-12H2,1-3H3,(H,28,30)(H,29,31). The number of carbonyl (C=O) groups is 1. The van der Waals surface area contributed by atoms with E-state index in [4.69, 9.17) is 0 Å². The van der Waals surface area contributed by atoms with Gasteiger partial charge in [-0.15, -0.1) is 0 Å². The number of nitrogens with one attached hydrogen (secondary N) is 3. The Morgan fingerprint density at radius 3 is 2.42 bits per heavy atom. The smallest absolute Gasteiger partial charge is 0.385 e. The minimum atomic E-state index is -4.57. The van der Waals surface area contributed by atoms with Crippen LogP contribution in [0.15, 0.2) is 23.0 Å². The number of carbonyl (C=O) groups excluding carboxylic acids is 1. The van der Waals surface area contributed by atoms with Gasteiger partial charge >= 0.3 is 6.18 Å². The van der Waals surface area contributed by atoms with Gasteiger partial charge in [0.05, 0.1) is 5.56 Å². The Balaban J connectivity index is 1.85. The summed E-state index contributed by atoms with van der Waals surface area (Å²) in [5, 5.41) is 5.73. The normalized spacial score (nSPS) is 14.6. The third-order valence-electron chi connectivity index (χ3n) is 5.96. The Bertz CT molecular complexity index is 1020. The Morgan fingerprint density at radius 2 is 1.81 bits per heavy atom. The number of H-pyrrole nitrogens is 1. The maximum absolute atomic E-state index is 13.5. The molecule has 0 saturated heterocycles. The quantitative estimate of drug-likeness (QED) is 0.607. The number of halogens is 3. The molecule has 8 heteroatoms. The van der Waals surface area contributed by atoms with Crippen molar-refractivity contribution in [2.24, 2.45) is 5.92 Å². The van der Waals surface area contributed by atoms with E-state index in [0.717, 1.165) is 37.8 Å². The summed E-state index contributed by atoms with van der Waals surface area (Å²) >= 11 is 0. The van der Waals surface area contributed by atoms with Crippen LogP contribution in [0.3, 0.4) is 0 Å². The fraction of sp³-hybridized carbons (Fsp3) is 0.478. The summed E-state index contributed by atoms with van der Waals surface area (Å²) < 4.78 is 40.4. The van der Waals surface area contributed by atoms with Crippen LogP contribution in [0.5, 0.6) is 0 Å². The minimum absolute atomic E-state index is 0.0510. The van der Waals surface area contributed by atoms with Crippen LogP contribution < -0.4 is 16.2 Å². The number of aromatic nitrogens is 1. The summed E-state index contributed by atoms with van der Waals surface area (Å²) in [6.45, 7) is 5.66. The van der Waals surface area contributed by atoms with Gasteiger partial charge in [-0.3, -0.25) is 9.59 Å². The fourth-order valence-electron chi connectivity index (χ4n) is 4.13. The molecule has 0 aliphatic heterocycles. The second kappa shape index (κ2) is 9.16. The number of hydrogen-bond donors (Lipinski definition) is 3. The largest absolute Gasteiger partial charge is 0.416 e. The van der Waals surface area contributed by atoms with Gasteiger partial charge < -0.3 is 15.6 Å². The summed E-state index contributed by atoms with van der Waals surface area (Å²) in [6.07, 6.45) is -0.179. The van der Waals surface area contributed by atoms with Crippen LogP contribution in [-0.2, 0) is 12.7 Å². The molecule has 3 N–H and O–H groups in total. The van der Waals surface area contributed by atoms with Gasteiger partial charge in [0.25, 0.3) is 11.5 Å². The number of aryl methyl sites for hydroxylation is 2. The van der Waals surface area contributed by atoms with E-state index in [2.05, 4.69) is 15.6 Å². The number of pyridine rings is 1. The molecular weight excluding hydrogens is 407 g/mol. The maximum Gasteiger partial charge on any atom is 0.416 e. The van der Waals surface area contributed by atoms with E-state index < -0.39 is 17.6 Å². The van der Waals surface area contributed by atoms with Gasteiger partial charge in [-0.1, -0.05) is 12.8 Å². The molecule has 168 valence electrons. The first-order valence-electron chi connectivity index (χ1n) is 10.5. The number of hydrogen-bond acceptors (Lipinski definition) is 3. The van der Waals surface area contributed by atoms with Gasteiger partial charge in [0, 0.05) is 35.6 Å². The lowest BCUT2D eigenvalue weighted by Crippen LogP contribution is -2.29. The second-order valence-electron chi connectivity index (χ2n) is 8.35. The van der Waals surface area contributed by atoms with Crippen molar-refractivity contribution >= 4 is 11.6 Å². The zero-order valence-electron chi connectivity index (χ0n) is 18.0. The van der Waals surface area contributed by atoms with Crippen molar-refractivity contribution in [1.82, 2.24) is 10.3 Å². The summed E-state index contributed by atoms with van der Waals surface area (Å²) in [7, 11) is 0. The lowest BCUT2D eigenvalue weighted by molar-refractivity contribution is -0.137. The van der Waals surface area contributed by atoms with Crippen LogP contribution in [0.1, 0.15) is 64.0 Å². The Hall–Kier alpha value is -2.77. The molecule has 0 radical (unpaired) electrons. The van der Waals surface area contributed by atoms with Gasteiger partial charge in [-0.05, 0) is 68.9 Å². The third kappa shape index (κ3) is 5.48. The molecule has 1 aliphatic carbocycles. The topological polar surface area (TPSA) is 74.0 Å². The molecule has 0 bridgehead atoms. The van der Waals surface area contributed by atoms with E-state index in [0.29, 0.717) is 40.5 Å². The lowest BCUT2D eigenvalue weighted by Gasteiger charge is -2.19. The molecule has 1 aromatic carbocycles. The summed E-state index contributed by atoms with van der Waals surface area (Å²) in [5.41, 5.74) is 1.31. The van der Waals surface area contributed by atoms with Crippen LogP contribution in [0.2, 0.25) is 0 Å². The van der Waals surface area contributed by atoms with Crippen LogP contribution >= 0.6 is 0 Å². The number of rotatable bonds is 6. The Kier molecular flexibility index (Phi) is 6.77. The Labute approximate surface area is 179 Å². The van der Waals surface area contributed by atoms with Gasteiger partial charge in [0.2, 0.25) is 0 Å². The first kappa shape index (κ1) is 22.9. The molecule has 1 amide bonds. The minimum Gasteiger partial charge on any atom is -0.385 e. The van der Waals surface area contributed by atoms with Crippen molar-refractivity contribution in [3.63, 3.8) is 0 Å². The SMILES string of the molecule is Cc1cc(C)c(CNC(=O)c2cc(C(F)(F)F)cc(NCC3CCCC3)c2C)c(=O)[nH]1. The molecule has 0 unspecified atom stereocenters. The van der Waals surface area contributed by atoms with Crippen molar-refractivity contribution in [1.29, 1.82) is 0 Å². The first-order valence-corrected chi connectivity index (χ1v) is 10.5. The summed E-state index contributed by atoms with van der Waals surface area (Å²) in [5.74, 6) is -0.214. The molecule has 1 saturated carbocycles. The molecule has 2 aromatic rings. The van der Waals surface area contributed by atoms with Gasteiger partial charge in [0.15, 0.2) is 0 Å². The zero-order valence-corrected chi connectivity index (χ0v) is 18.0. The molecule has 3 rings (SSSR count). The zero-order chi connectivity index (χ0) is 22.8. The number of alkyl halides is 3. The van der Waals surface area contributed by atoms with Crippen LogP contribution in [0.25, 0.3) is 0 Å². The predicted octanol–water partition coefficient (Wildman–Crippen LogP) is 4.85. The third-order valence-corrected chi connectivity index (χ3v) is 5.96. The number of amides is 1. The molecule has 1 aliphatic rings. The fourth-order valence-corrected chi connectivity index (χ4v) is 4.13. The van der Waals surface area contributed by atoms with E-state index >= 15 is 0 Å². The molecule has 31 heavy (non-hydrogen) atoms. The highest BCUT2D eigenvalue weighted by atomic mass is 19.4. The van der Waals surface area contributed by atoms with Crippen molar-refractivity contribution in [2.45, 2.75) is 59.2 Å². The molecule has 1 fully saturated rings. The van der Waals surface area contributed by atoms with Gasteiger partial charge in [-0.25, -0.2) is 0 Å². The lowest BCUT2D eigenvalue weighted by atomic mass is 10.0. The highest BCUT2D eigenvalue weighted by Gasteiger charge is 2.33. The summed E-state index contributed by atoms with van der Waals surface area (Å²) in [4.78, 5) is 27.6. The van der Waals surface area contributed by atoms with E-state index in [9.17, 15) is 22.8 Å². The Morgan fingerprint density at radius 1 is 1.13 bits per heavy atom. The molecule has 0 atom stereocenters. The van der Waals surface area contributed by atoms with E-state index in [1.807, 2.05) is 0 Å². The maximum atomic E-state index is 13.5. The second-order valence-corrected chi connectivity index (χ2v) is 8.35. The number of anilines is 1. The van der Waals surface area contributed by atoms with Crippen LogP contribution in [-0.4, -0.2) is 17.4 Å². The van der Waals surface area contributed by atoms with E-state index in [-0.39, 0.29) is 17.7 Å². The van der Waals surface area contributed by atoms with Crippen molar-refractivity contribution in [3.8, 4) is 0 Å². The monoisotopic (exact) mass is 435 g/mol. The predicted molar refractivity (Wildman–Crippen MR) is 114 cm³/mol. The average molecular weight is 435 g/mol. The highest BCUT2D eigenvalue weighted by molar-refractivity contribution is 5.97. The van der Waals surface area contributed by atoms with Crippen molar-refractivity contribution in [2.75, 3.05) is 11.9 Å². The van der Waals surface area contributed by atoms with Gasteiger partial charge in [0.1, 0.15) is 0 Å². The molecular formula is C23H28F3N3O2. The highest BCUT2D eigenvalue weighted by Crippen LogP contribution is 2.34. The van der Waals surface area contributed by atoms with Crippen molar-refractivity contribution < 1.29 is 18.0 Å². The summed E-state index contributed by atoms with van der Waals surface area (Å²) in [6, 6.07) is 3.72. The molecule has 5 nitrogen and oxygen atoms in total. The molecule has 1 heterocycles. The van der Waals surface area contributed by atoms with Crippen molar-refractivity contribution in [3.05, 3.63) is 62.1 Å². The molecule has 1 aromatic heterocycles. The van der Waals surface area contributed by atoms with E-state index in [1.54, 1.807) is 26.8 Å². The first-order chi connectivity index (χ1) is 14.6. The number of aromatic amines is 1.